The molecule has 0 unspecified atom stereocenters. The summed E-state index contributed by atoms with van der Waals surface area (Å²) in [5.74, 6) is 1.48. The third-order valence-electron chi connectivity index (χ3n) is 4.40. The van der Waals surface area contributed by atoms with Gasteiger partial charge in [0.2, 0.25) is 0 Å². The minimum atomic E-state index is -0.104. The zero-order valence-corrected chi connectivity index (χ0v) is 13.6. The molecular weight excluding hydrogens is 304 g/mol. The number of aromatic nitrogens is 3. The highest BCUT2D eigenvalue weighted by Crippen LogP contribution is 2.25. The van der Waals surface area contributed by atoms with Crippen LogP contribution in [0.5, 0.6) is 0 Å². The molecule has 1 atom stereocenters. The summed E-state index contributed by atoms with van der Waals surface area (Å²) >= 11 is 0. The number of hydrogen-bond donors (Lipinski definition) is 2. The van der Waals surface area contributed by atoms with E-state index in [0.29, 0.717) is 24.7 Å². The normalized spacial score (nSPS) is 18.2. The van der Waals surface area contributed by atoms with Crippen molar-refractivity contribution in [2.45, 2.75) is 19.6 Å². The molecule has 0 spiro atoms. The van der Waals surface area contributed by atoms with Crippen LogP contribution in [-0.2, 0) is 11.3 Å². The Morgan fingerprint density at radius 2 is 2.21 bits per heavy atom. The molecule has 0 amide bonds. The van der Waals surface area contributed by atoms with Crippen molar-refractivity contribution in [2.24, 2.45) is 0 Å². The Hall–Kier alpha value is -2.44. The third-order valence-corrected chi connectivity index (χ3v) is 4.40. The first-order valence-electron chi connectivity index (χ1n) is 8.15. The molecule has 0 saturated carbocycles. The molecule has 3 heterocycles. The number of hydrogen-bond acceptors (Lipinski definition) is 5. The van der Waals surface area contributed by atoms with Crippen molar-refractivity contribution in [2.75, 3.05) is 24.7 Å². The predicted molar refractivity (Wildman–Crippen MR) is 92.9 cm³/mol. The number of aliphatic hydroxyl groups is 1. The Bertz CT molecular complexity index is 861. The molecular formula is C18H20N4O2. The molecule has 1 aromatic carbocycles. The summed E-state index contributed by atoms with van der Waals surface area (Å²) in [6.07, 6.45) is 1.92. The number of rotatable bonds is 3. The average Bonchev–Trinajstić information content (AvgIpc) is 3.09. The lowest BCUT2D eigenvalue weighted by Gasteiger charge is -2.34. The highest BCUT2D eigenvalue weighted by atomic mass is 16.5. The molecule has 2 N–H and O–H groups in total. The van der Waals surface area contributed by atoms with Crippen LogP contribution < -0.4 is 4.90 Å². The molecule has 6 heteroatoms. The van der Waals surface area contributed by atoms with Crippen LogP contribution in [0.4, 0.5) is 5.82 Å². The highest BCUT2D eigenvalue weighted by Gasteiger charge is 2.21. The minimum absolute atomic E-state index is 0.104. The summed E-state index contributed by atoms with van der Waals surface area (Å²) in [6.45, 7) is 4.18. The maximum Gasteiger partial charge on any atom is 0.161 e. The fourth-order valence-electron chi connectivity index (χ4n) is 3.10. The maximum atomic E-state index is 9.60. The van der Waals surface area contributed by atoms with Gasteiger partial charge in [-0.15, -0.1) is 0 Å². The van der Waals surface area contributed by atoms with E-state index in [9.17, 15) is 5.11 Å². The molecule has 6 nitrogen and oxygen atoms in total. The number of morpholine rings is 1. The van der Waals surface area contributed by atoms with Crippen LogP contribution in [0.15, 0.2) is 36.5 Å². The lowest BCUT2D eigenvalue weighted by Crippen LogP contribution is -2.44. The largest absolute Gasteiger partial charge is 0.390 e. The average molecular weight is 324 g/mol. The van der Waals surface area contributed by atoms with Gasteiger partial charge in [-0.05, 0) is 31.2 Å². The summed E-state index contributed by atoms with van der Waals surface area (Å²) in [5.41, 5.74) is 2.65. The lowest BCUT2D eigenvalue weighted by molar-refractivity contribution is 0.0985. The second kappa shape index (κ2) is 6.22. The zero-order valence-electron chi connectivity index (χ0n) is 13.6. The van der Waals surface area contributed by atoms with Crippen LogP contribution in [0.25, 0.3) is 22.3 Å². The van der Waals surface area contributed by atoms with Crippen LogP contribution >= 0.6 is 0 Å². The summed E-state index contributed by atoms with van der Waals surface area (Å²) < 4.78 is 5.51. The number of anilines is 1. The van der Waals surface area contributed by atoms with Crippen molar-refractivity contribution in [3.05, 3.63) is 42.2 Å². The smallest absolute Gasteiger partial charge is 0.161 e. The molecule has 1 aliphatic rings. The van der Waals surface area contributed by atoms with Crippen LogP contribution in [0.2, 0.25) is 0 Å². The Labute approximate surface area is 140 Å². The molecule has 1 saturated heterocycles. The van der Waals surface area contributed by atoms with Crippen LogP contribution in [0.1, 0.15) is 12.6 Å². The van der Waals surface area contributed by atoms with E-state index in [2.05, 4.69) is 27.9 Å². The van der Waals surface area contributed by atoms with Gasteiger partial charge in [0.05, 0.1) is 31.6 Å². The number of nitrogens with one attached hydrogen (secondary N) is 1. The molecule has 1 fully saturated rings. The minimum Gasteiger partial charge on any atom is -0.390 e. The fourth-order valence-corrected chi connectivity index (χ4v) is 3.10. The van der Waals surface area contributed by atoms with Gasteiger partial charge in [-0.3, -0.25) is 0 Å². The van der Waals surface area contributed by atoms with E-state index in [0.717, 1.165) is 28.8 Å². The Kier molecular flexibility index (Phi) is 3.92. The number of benzene rings is 1. The topological polar surface area (TPSA) is 74.3 Å². The standard InChI is InChI=1S/C18H20N4O2/c1-12-11-24-7-6-22(12)17-9-15(10-23)20-18(21-17)14-2-3-16-13(8-14)4-5-19-16/h2-5,8-9,12,19,23H,6-7,10-11H2,1H3/t12-/m0/s1. The molecule has 3 aromatic rings. The Balaban J connectivity index is 1.78. The Morgan fingerprint density at radius 3 is 3.04 bits per heavy atom. The van der Waals surface area contributed by atoms with E-state index in [4.69, 9.17) is 9.72 Å². The van der Waals surface area contributed by atoms with Gasteiger partial charge in [0.15, 0.2) is 5.82 Å². The third kappa shape index (κ3) is 2.74. The molecule has 24 heavy (non-hydrogen) atoms. The summed E-state index contributed by atoms with van der Waals surface area (Å²) in [7, 11) is 0. The molecule has 124 valence electrons. The van der Waals surface area contributed by atoms with E-state index >= 15 is 0 Å². The quantitative estimate of drug-likeness (QED) is 0.773. The molecule has 1 aliphatic heterocycles. The van der Waals surface area contributed by atoms with Gasteiger partial charge >= 0.3 is 0 Å². The van der Waals surface area contributed by atoms with Crippen LogP contribution in [0.3, 0.4) is 0 Å². The van der Waals surface area contributed by atoms with Gasteiger partial charge in [-0.2, -0.15) is 0 Å². The number of aliphatic hydroxyl groups excluding tert-OH is 1. The van der Waals surface area contributed by atoms with E-state index in [1.807, 2.05) is 30.5 Å². The molecule has 0 bridgehead atoms. The summed E-state index contributed by atoms with van der Waals surface area (Å²) in [4.78, 5) is 14.7. The molecule has 4 rings (SSSR count). The summed E-state index contributed by atoms with van der Waals surface area (Å²) in [5, 5.41) is 10.7. The number of aromatic amines is 1. The second-order valence-corrected chi connectivity index (χ2v) is 6.10. The van der Waals surface area contributed by atoms with Crippen LogP contribution in [0, 0.1) is 0 Å². The van der Waals surface area contributed by atoms with Crippen molar-refractivity contribution in [1.29, 1.82) is 0 Å². The first-order valence-corrected chi connectivity index (χ1v) is 8.15. The van der Waals surface area contributed by atoms with Crippen LogP contribution in [-0.4, -0.2) is 45.9 Å². The van der Waals surface area contributed by atoms with Crippen molar-refractivity contribution < 1.29 is 9.84 Å². The van der Waals surface area contributed by atoms with Gasteiger partial charge in [0.25, 0.3) is 0 Å². The van der Waals surface area contributed by atoms with Crippen molar-refractivity contribution >= 4 is 16.7 Å². The second-order valence-electron chi connectivity index (χ2n) is 6.10. The van der Waals surface area contributed by atoms with Crippen molar-refractivity contribution in [3.63, 3.8) is 0 Å². The SMILES string of the molecule is C[C@H]1COCCN1c1cc(CO)nc(-c2ccc3[nH]ccc3c2)n1. The first kappa shape index (κ1) is 15.1. The van der Waals surface area contributed by atoms with Gasteiger partial charge in [0.1, 0.15) is 5.82 Å². The number of nitrogens with zero attached hydrogens (tertiary/aromatic N) is 3. The molecule has 2 aromatic heterocycles. The first-order chi connectivity index (χ1) is 11.7. The molecule has 0 aliphatic carbocycles. The van der Waals surface area contributed by atoms with E-state index in [1.54, 1.807) is 0 Å². The fraction of sp³-hybridized carbons (Fsp3) is 0.333. The molecule has 0 radical (unpaired) electrons. The van der Waals surface area contributed by atoms with E-state index < -0.39 is 0 Å². The maximum absolute atomic E-state index is 9.60. The highest BCUT2D eigenvalue weighted by molar-refractivity contribution is 5.84. The van der Waals surface area contributed by atoms with Gasteiger partial charge in [0, 0.05) is 35.3 Å². The van der Waals surface area contributed by atoms with E-state index in [1.165, 1.54) is 0 Å². The predicted octanol–water partition coefficient (Wildman–Crippen LogP) is 2.34. The van der Waals surface area contributed by atoms with Gasteiger partial charge < -0.3 is 19.7 Å². The van der Waals surface area contributed by atoms with Gasteiger partial charge in [-0.1, -0.05) is 0 Å². The van der Waals surface area contributed by atoms with Crippen molar-refractivity contribution in [3.8, 4) is 11.4 Å². The van der Waals surface area contributed by atoms with E-state index in [-0.39, 0.29) is 12.6 Å². The lowest BCUT2D eigenvalue weighted by atomic mass is 10.1. The van der Waals surface area contributed by atoms with Gasteiger partial charge in [-0.25, -0.2) is 9.97 Å². The number of fused-ring (bicyclic) bond motifs is 1. The zero-order chi connectivity index (χ0) is 16.5. The Morgan fingerprint density at radius 1 is 1.29 bits per heavy atom. The van der Waals surface area contributed by atoms with Crippen molar-refractivity contribution in [1.82, 2.24) is 15.0 Å². The summed E-state index contributed by atoms with van der Waals surface area (Å²) in [6, 6.07) is 10.2. The number of ether oxygens (including phenoxy) is 1. The monoisotopic (exact) mass is 324 g/mol. The number of H-pyrrole nitrogens is 1.